The molecule has 5 nitrogen and oxygen atoms in total. The number of aryl methyl sites for hydroxylation is 2. The topological polar surface area (TPSA) is 59.0 Å². The number of anilines is 2. The molecule has 0 radical (unpaired) electrons. The number of nitrogens with zero attached hydrogens (tertiary/aromatic N) is 2. The number of amides is 2. The molecule has 2 aromatic carbocycles. The van der Waals surface area contributed by atoms with Crippen molar-refractivity contribution in [3.8, 4) is 11.3 Å². The van der Waals surface area contributed by atoms with Crippen LogP contribution in [0.3, 0.4) is 0 Å². The number of halogens is 1. The first-order valence-corrected chi connectivity index (χ1v) is 8.39. The summed E-state index contributed by atoms with van der Waals surface area (Å²) in [6, 6.07) is 14.4. The number of benzene rings is 2. The molecule has 0 bridgehead atoms. The van der Waals surface area contributed by atoms with Gasteiger partial charge in [0.25, 0.3) is 0 Å². The average Bonchev–Trinajstić information content (AvgIpc) is 2.98. The molecule has 128 valence electrons. The Balaban J connectivity index is 1.76. The third kappa shape index (κ3) is 4.00. The first-order chi connectivity index (χ1) is 12.1. The summed E-state index contributed by atoms with van der Waals surface area (Å²) in [5, 5.41) is 10.6. The predicted molar refractivity (Wildman–Crippen MR) is 102 cm³/mol. The standard InChI is InChI=1S/C19H19ClN4O/c1-3-13-12-21-24(2)18(13)14-5-4-6-17(11-14)23-19(25)22-16-9-7-15(20)8-10-16/h4-12H,3H2,1-2H3,(H2,22,23,25). The molecule has 0 aliphatic rings. The number of rotatable bonds is 4. The summed E-state index contributed by atoms with van der Waals surface area (Å²) in [6.07, 6.45) is 2.78. The third-order valence-electron chi connectivity index (χ3n) is 3.89. The van der Waals surface area contributed by atoms with Crippen molar-refractivity contribution in [3.05, 3.63) is 65.3 Å². The van der Waals surface area contributed by atoms with Crippen molar-refractivity contribution in [3.63, 3.8) is 0 Å². The second kappa shape index (κ2) is 7.40. The Kier molecular flexibility index (Phi) is 5.05. The lowest BCUT2D eigenvalue weighted by Crippen LogP contribution is -2.19. The van der Waals surface area contributed by atoms with E-state index in [9.17, 15) is 4.79 Å². The van der Waals surface area contributed by atoms with Gasteiger partial charge in [-0.05, 0) is 48.4 Å². The summed E-state index contributed by atoms with van der Waals surface area (Å²) in [5.41, 5.74) is 4.64. The highest BCUT2D eigenvalue weighted by Crippen LogP contribution is 2.26. The van der Waals surface area contributed by atoms with Crippen LogP contribution in [0.25, 0.3) is 11.3 Å². The summed E-state index contributed by atoms with van der Waals surface area (Å²) < 4.78 is 1.85. The molecule has 2 N–H and O–H groups in total. The lowest BCUT2D eigenvalue weighted by atomic mass is 10.1. The van der Waals surface area contributed by atoms with Crippen molar-refractivity contribution >= 4 is 29.0 Å². The number of aromatic nitrogens is 2. The fraction of sp³-hybridized carbons (Fsp3) is 0.158. The number of hydrogen-bond acceptors (Lipinski definition) is 2. The van der Waals surface area contributed by atoms with Crippen molar-refractivity contribution < 1.29 is 4.79 Å². The molecule has 3 aromatic rings. The minimum Gasteiger partial charge on any atom is -0.308 e. The maximum absolute atomic E-state index is 12.2. The summed E-state index contributed by atoms with van der Waals surface area (Å²) in [5.74, 6) is 0. The fourth-order valence-electron chi connectivity index (χ4n) is 2.68. The quantitative estimate of drug-likeness (QED) is 0.696. The van der Waals surface area contributed by atoms with E-state index in [1.165, 1.54) is 5.56 Å². The lowest BCUT2D eigenvalue weighted by molar-refractivity contribution is 0.262. The molecule has 0 aliphatic heterocycles. The van der Waals surface area contributed by atoms with Gasteiger partial charge in [-0.2, -0.15) is 5.10 Å². The van der Waals surface area contributed by atoms with Gasteiger partial charge < -0.3 is 10.6 Å². The Bertz CT molecular complexity index is 887. The molecular formula is C19H19ClN4O. The van der Waals surface area contributed by atoms with Crippen LogP contribution >= 0.6 is 11.6 Å². The van der Waals surface area contributed by atoms with Gasteiger partial charge in [-0.3, -0.25) is 4.68 Å². The zero-order chi connectivity index (χ0) is 17.8. The molecular weight excluding hydrogens is 336 g/mol. The van der Waals surface area contributed by atoms with Gasteiger partial charge in [-0.15, -0.1) is 0 Å². The SMILES string of the molecule is CCc1cnn(C)c1-c1cccc(NC(=O)Nc2ccc(Cl)cc2)c1. The molecule has 0 atom stereocenters. The van der Waals surface area contributed by atoms with Crippen LogP contribution in [0.4, 0.5) is 16.2 Å². The second-order valence-electron chi connectivity index (χ2n) is 5.66. The Hall–Kier alpha value is -2.79. The molecule has 0 spiro atoms. The van der Waals surface area contributed by atoms with Gasteiger partial charge in [0.05, 0.1) is 11.9 Å². The molecule has 0 saturated carbocycles. The summed E-state index contributed by atoms with van der Waals surface area (Å²) in [7, 11) is 1.92. The van der Waals surface area contributed by atoms with E-state index < -0.39 is 0 Å². The van der Waals surface area contributed by atoms with Crippen LogP contribution in [0.2, 0.25) is 5.02 Å². The zero-order valence-corrected chi connectivity index (χ0v) is 14.8. The first-order valence-electron chi connectivity index (χ1n) is 8.01. The van der Waals surface area contributed by atoms with Crippen molar-refractivity contribution in [1.29, 1.82) is 0 Å². The van der Waals surface area contributed by atoms with Crippen molar-refractivity contribution in [1.82, 2.24) is 9.78 Å². The van der Waals surface area contributed by atoms with E-state index in [0.717, 1.165) is 17.7 Å². The van der Waals surface area contributed by atoms with Crippen molar-refractivity contribution in [2.24, 2.45) is 7.05 Å². The molecule has 6 heteroatoms. The number of hydrogen-bond donors (Lipinski definition) is 2. The lowest BCUT2D eigenvalue weighted by Gasteiger charge is -2.10. The van der Waals surface area contributed by atoms with Gasteiger partial charge in [0.1, 0.15) is 0 Å². The highest BCUT2D eigenvalue weighted by Gasteiger charge is 2.11. The highest BCUT2D eigenvalue weighted by atomic mass is 35.5. The van der Waals surface area contributed by atoms with E-state index in [0.29, 0.717) is 16.4 Å². The van der Waals surface area contributed by atoms with E-state index in [-0.39, 0.29) is 6.03 Å². The van der Waals surface area contributed by atoms with Gasteiger partial charge in [-0.1, -0.05) is 30.7 Å². The summed E-state index contributed by atoms with van der Waals surface area (Å²) in [4.78, 5) is 12.2. The van der Waals surface area contributed by atoms with Crippen LogP contribution < -0.4 is 10.6 Å². The Morgan fingerprint density at radius 2 is 1.84 bits per heavy atom. The fourth-order valence-corrected chi connectivity index (χ4v) is 2.81. The first kappa shape index (κ1) is 17.0. The normalized spacial score (nSPS) is 10.5. The minimum absolute atomic E-state index is 0.305. The molecule has 0 fully saturated rings. The smallest absolute Gasteiger partial charge is 0.308 e. The second-order valence-corrected chi connectivity index (χ2v) is 6.10. The van der Waals surface area contributed by atoms with E-state index >= 15 is 0 Å². The van der Waals surface area contributed by atoms with E-state index in [2.05, 4.69) is 22.7 Å². The van der Waals surface area contributed by atoms with Crippen LogP contribution in [0, 0.1) is 0 Å². The van der Waals surface area contributed by atoms with Gasteiger partial charge in [0, 0.05) is 29.0 Å². The molecule has 0 saturated heterocycles. The number of urea groups is 1. The van der Waals surface area contributed by atoms with Crippen molar-refractivity contribution in [2.45, 2.75) is 13.3 Å². The van der Waals surface area contributed by atoms with E-state index in [1.54, 1.807) is 24.3 Å². The van der Waals surface area contributed by atoms with E-state index in [4.69, 9.17) is 11.6 Å². The number of nitrogens with one attached hydrogen (secondary N) is 2. The summed E-state index contributed by atoms with van der Waals surface area (Å²) in [6.45, 7) is 2.10. The predicted octanol–water partition coefficient (Wildman–Crippen LogP) is 4.95. The molecule has 25 heavy (non-hydrogen) atoms. The van der Waals surface area contributed by atoms with Crippen LogP contribution in [0.5, 0.6) is 0 Å². The van der Waals surface area contributed by atoms with Gasteiger partial charge in [-0.25, -0.2) is 4.79 Å². The molecule has 1 aromatic heterocycles. The monoisotopic (exact) mass is 354 g/mol. The Morgan fingerprint density at radius 1 is 1.12 bits per heavy atom. The van der Waals surface area contributed by atoms with Crippen LogP contribution in [-0.2, 0) is 13.5 Å². The van der Waals surface area contributed by atoms with E-state index in [1.807, 2.05) is 42.2 Å². The average molecular weight is 355 g/mol. The molecule has 0 unspecified atom stereocenters. The molecule has 1 heterocycles. The minimum atomic E-state index is -0.305. The zero-order valence-electron chi connectivity index (χ0n) is 14.1. The van der Waals surface area contributed by atoms with Crippen LogP contribution in [0.1, 0.15) is 12.5 Å². The number of carbonyl (C=O) groups excluding carboxylic acids is 1. The van der Waals surface area contributed by atoms with Crippen LogP contribution in [0.15, 0.2) is 54.7 Å². The molecule has 0 aliphatic carbocycles. The van der Waals surface area contributed by atoms with Gasteiger partial charge in [0.2, 0.25) is 0 Å². The molecule has 2 amide bonds. The van der Waals surface area contributed by atoms with Crippen LogP contribution in [-0.4, -0.2) is 15.8 Å². The molecule has 3 rings (SSSR count). The summed E-state index contributed by atoms with van der Waals surface area (Å²) >= 11 is 5.85. The highest BCUT2D eigenvalue weighted by molar-refractivity contribution is 6.30. The number of carbonyl (C=O) groups is 1. The Labute approximate surface area is 151 Å². The van der Waals surface area contributed by atoms with Gasteiger partial charge >= 0.3 is 6.03 Å². The third-order valence-corrected chi connectivity index (χ3v) is 4.14. The Morgan fingerprint density at radius 3 is 2.56 bits per heavy atom. The largest absolute Gasteiger partial charge is 0.323 e. The maximum Gasteiger partial charge on any atom is 0.323 e. The van der Waals surface area contributed by atoms with Crippen molar-refractivity contribution in [2.75, 3.05) is 10.6 Å². The maximum atomic E-state index is 12.2. The van der Waals surface area contributed by atoms with Gasteiger partial charge in [0.15, 0.2) is 0 Å².